The molecule has 1 saturated carbocycles. The molecule has 1 saturated heterocycles. The highest BCUT2D eigenvalue weighted by Crippen LogP contribution is 2.27. The Morgan fingerprint density at radius 1 is 1.26 bits per heavy atom. The van der Waals surface area contributed by atoms with Crippen molar-refractivity contribution in [2.75, 3.05) is 39.4 Å². The normalized spacial score (nSPS) is 20.8. The second-order valence-electron chi connectivity index (χ2n) is 5.50. The van der Waals surface area contributed by atoms with E-state index < -0.39 is 0 Å². The predicted octanol–water partition coefficient (Wildman–Crippen LogP) is 0.110. The van der Waals surface area contributed by atoms with Crippen molar-refractivity contribution in [2.24, 2.45) is 5.92 Å². The zero-order valence-electron chi connectivity index (χ0n) is 11.4. The fraction of sp³-hybridized carbons (Fsp3) is 0.846. The van der Waals surface area contributed by atoms with Gasteiger partial charge in [-0.1, -0.05) is 5.21 Å². The SMILES string of the molecule is c1c(CNCC2CC2)nnn1CCN1CCOCC1. The standard InChI is InChI=1S/C13H23N5O/c1-2-12(1)9-14-10-13-11-18(16-15-13)4-3-17-5-7-19-8-6-17/h11-12,14H,1-10H2. The molecule has 2 aliphatic rings. The number of hydrogen-bond acceptors (Lipinski definition) is 5. The number of nitrogens with one attached hydrogen (secondary N) is 1. The minimum atomic E-state index is 0.841. The van der Waals surface area contributed by atoms with E-state index in [1.54, 1.807) is 0 Å². The van der Waals surface area contributed by atoms with Crippen LogP contribution in [0.25, 0.3) is 0 Å². The molecule has 2 heterocycles. The number of rotatable bonds is 7. The van der Waals surface area contributed by atoms with Crippen molar-refractivity contribution in [2.45, 2.75) is 25.9 Å². The van der Waals surface area contributed by atoms with Crippen molar-refractivity contribution in [1.29, 1.82) is 0 Å². The van der Waals surface area contributed by atoms with Crippen LogP contribution in [-0.4, -0.2) is 59.3 Å². The van der Waals surface area contributed by atoms with Crippen molar-refractivity contribution in [1.82, 2.24) is 25.2 Å². The van der Waals surface area contributed by atoms with Gasteiger partial charge in [-0.2, -0.15) is 0 Å². The van der Waals surface area contributed by atoms with E-state index >= 15 is 0 Å². The van der Waals surface area contributed by atoms with Gasteiger partial charge in [0.05, 0.1) is 25.5 Å². The Labute approximate surface area is 114 Å². The van der Waals surface area contributed by atoms with Gasteiger partial charge >= 0.3 is 0 Å². The van der Waals surface area contributed by atoms with Crippen molar-refractivity contribution in [3.8, 4) is 0 Å². The van der Waals surface area contributed by atoms with Crippen LogP contribution in [0.3, 0.4) is 0 Å². The monoisotopic (exact) mass is 265 g/mol. The Kier molecular flexibility index (Phi) is 4.42. The van der Waals surface area contributed by atoms with Gasteiger partial charge in [-0.05, 0) is 25.3 Å². The maximum atomic E-state index is 5.34. The van der Waals surface area contributed by atoms with Crippen LogP contribution in [0, 0.1) is 5.92 Å². The summed E-state index contributed by atoms with van der Waals surface area (Å²) in [6.45, 7) is 7.68. The molecule has 2 fully saturated rings. The van der Waals surface area contributed by atoms with Gasteiger partial charge in [0.1, 0.15) is 0 Å². The van der Waals surface area contributed by atoms with Gasteiger partial charge in [0.2, 0.25) is 0 Å². The van der Waals surface area contributed by atoms with E-state index in [1.165, 1.54) is 12.8 Å². The van der Waals surface area contributed by atoms with Crippen LogP contribution >= 0.6 is 0 Å². The van der Waals surface area contributed by atoms with E-state index in [9.17, 15) is 0 Å². The Hall–Kier alpha value is -0.980. The first-order chi connectivity index (χ1) is 9.40. The zero-order valence-corrected chi connectivity index (χ0v) is 11.4. The summed E-state index contributed by atoms with van der Waals surface area (Å²) in [5.74, 6) is 0.913. The number of nitrogens with zero attached hydrogens (tertiary/aromatic N) is 4. The van der Waals surface area contributed by atoms with Crippen LogP contribution in [0.1, 0.15) is 18.5 Å². The van der Waals surface area contributed by atoms with E-state index in [0.29, 0.717) is 0 Å². The lowest BCUT2D eigenvalue weighted by Crippen LogP contribution is -2.38. The molecule has 0 spiro atoms. The predicted molar refractivity (Wildman–Crippen MR) is 71.7 cm³/mol. The third-order valence-corrected chi connectivity index (χ3v) is 3.77. The van der Waals surface area contributed by atoms with Crippen molar-refractivity contribution in [3.05, 3.63) is 11.9 Å². The molecular weight excluding hydrogens is 242 g/mol. The Morgan fingerprint density at radius 3 is 2.89 bits per heavy atom. The van der Waals surface area contributed by atoms with Gasteiger partial charge in [-0.15, -0.1) is 5.10 Å². The van der Waals surface area contributed by atoms with E-state index in [1.807, 2.05) is 4.68 Å². The maximum absolute atomic E-state index is 5.34. The quantitative estimate of drug-likeness (QED) is 0.758. The fourth-order valence-corrected chi connectivity index (χ4v) is 2.32. The molecule has 0 aromatic carbocycles. The van der Waals surface area contributed by atoms with E-state index in [2.05, 4.69) is 26.7 Å². The van der Waals surface area contributed by atoms with E-state index in [0.717, 1.165) is 64.1 Å². The number of morpholine rings is 1. The molecule has 6 nitrogen and oxygen atoms in total. The molecule has 1 N–H and O–H groups in total. The van der Waals surface area contributed by atoms with Crippen LogP contribution in [0.5, 0.6) is 0 Å². The molecule has 19 heavy (non-hydrogen) atoms. The Bertz CT molecular complexity index is 384. The van der Waals surface area contributed by atoms with Gasteiger partial charge in [0, 0.05) is 32.4 Å². The van der Waals surface area contributed by atoms with Gasteiger partial charge < -0.3 is 10.1 Å². The molecule has 1 aromatic rings. The average Bonchev–Trinajstić information content (AvgIpc) is 3.16. The summed E-state index contributed by atoms with van der Waals surface area (Å²) < 4.78 is 7.29. The van der Waals surface area contributed by atoms with Gasteiger partial charge in [0.15, 0.2) is 0 Å². The zero-order chi connectivity index (χ0) is 12.9. The molecule has 6 heteroatoms. The molecule has 0 radical (unpaired) electrons. The molecule has 0 unspecified atom stereocenters. The molecule has 0 atom stereocenters. The van der Waals surface area contributed by atoms with Crippen LogP contribution in [0.4, 0.5) is 0 Å². The lowest BCUT2D eigenvalue weighted by atomic mass is 10.4. The van der Waals surface area contributed by atoms with Crippen molar-refractivity contribution < 1.29 is 4.74 Å². The summed E-state index contributed by atoms with van der Waals surface area (Å²) in [5.41, 5.74) is 1.04. The first-order valence-electron chi connectivity index (χ1n) is 7.30. The largest absolute Gasteiger partial charge is 0.379 e. The number of hydrogen-bond donors (Lipinski definition) is 1. The maximum Gasteiger partial charge on any atom is 0.0964 e. The highest BCUT2D eigenvalue weighted by molar-refractivity contribution is 4.92. The minimum Gasteiger partial charge on any atom is -0.379 e. The summed E-state index contributed by atoms with van der Waals surface area (Å²) in [7, 11) is 0. The van der Waals surface area contributed by atoms with Gasteiger partial charge in [0.25, 0.3) is 0 Å². The first kappa shape index (κ1) is 13.0. The number of aromatic nitrogens is 3. The van der Waals surface area contributed by atoms with E-state index in [4.69, 9.17) is 4.74 Å². The van der Waals surface area contributed by atoms with Crippen LogP contribution < -0.4 is 5.32 Å². The van der Waals surface area contributed by atoms with Crippen molar-refractivity contribution >= 4 is 0 Å². The summed E-state index contributed by atoms with van der Waals surface area (Å²) in [6.07, 6.45) is 4.83. The van der Waals surface area contributed by atoms with Crippen LogP contribution in [0.2, 0.25) is 0 Å². The van der Waals surface area contributed by atoms with Gasteiger partial charge in [-0.3, -0.25) is 9.58 Å². The second kappa shape index (κ2) is 6.45. The van der Waals surface area contributed by atoms with Crippen LogP contribution in [0.15, 0.2) is 6.20 Å². The summed E-state index contributed by atoms with van der Waals surface area (Å²) in [6, 6.07) is 0. The molecular formula is C13H23N5O. The lowest BCUT2D eigenvalue weighted by molar-refractivity contribution is 0.0359. The summed E-state index contributed by atoms with van der Waals surface area (Å²) >= 11 is 0. The highest BCUT2D eigenvalue weighted by atomic mass is 16.5. The third kappa shape index (κ3) is 4.26. The molecule has 1 aromatic heterocycles. The average molecular weight is 265 g/mol. The molecule has 1 aliphatic carbocycles. The van der Waals surface area contributed by atoms with Gasteiger partial charge in [-0.25, -0.2) is 0 Å². The third-order valence-electron chi connectivity index (χ3n) is 3.77. The first-order valence-corrected chi connectivity index (χ1v) is 7.30. The molecule has 106 valence electrons. The number of ether oxygens (including phenoxy) is 1. The Balaban J connectivity index is 1.36. The van der Waals surface area contributed by atoms with Crippen molar-refractivity contribution in [3.63, 3.8) is 0 Å². The molecule has 1 aliphatic heterocycles. The highest BCUT2D eigenvalue weighted by Gasteiger charge is 2.20. The minimum absolute atomic E-state index is 0.841. The second-order valence-corrected chi connectivity index (χ2v) is 5.50. The summed E-state index contributed by atoms with van der Waals surface area (Å²) in [4.78, 5) is 2.41. The molecule has 0 amide bonds. The van der Waals surface area contributed by atoms with E-state index in [-0.39, 0.29) is 0 Å². The lowest BCUT2D eigenvalue weighted by Gasteiger charge is -2.26. The molecule has 0 bridgehead atoms. The van der Waals surface area contributed by atoms with Crippen LogP contribution in [-0.2, 0) is 17.8 Å². The Morgan fingerprint density at radius 2 is 2.11 bits per heavy atom. The smallest absolute Gasteiger partial charge is 0.0964 e. The fourth-order valence-electron chi connectivity index (χ4n) is 2.32. The topological polar surface area (TPSA) is 55.2 Å². The summed E-state index contributed by atoms with van der Waals surface area (Å²) in [5, 5.41) is 11.8. The molecule has 3 rings (SSSR count).